The topological polar surface area (TPSA) is 59.2 Å². The maximum atomic E-state index is 11.8. The molecule has 1 atom stereocenters. The predicted octanol–water partition coefficient (Wildman–Crippen LogP) is 3.10. The fraction of sp³-hybridized carbons (Fsp3) is 0.467. The van der Waals surface area contributed by atoms with Gasteiger partial charge in [-0.05, 0) is 44.2 Å². The molecule has 1 amide bonds. The van der Waals surface area contributed by atoms with Crippen LogP contribution in [0.4, 0.5) is 0 Å². The fourth-order valence-electron chi connectivity index (χ4n) is 2.80. The summed E-state index contributed by atoms with van der Waals surface area (Å²) >= 11 is 3.36. The normalized spacial score (nSPS) is 23.3. The van der Waals surface area contributed by atoms with Gasteiger partial charge < -0.3 is 5.73 Å². The van der Waals surface area contributed by atoms with E-state index in [-0.39, 0.29) is 5.91 Å². The summed E-state index contributed by atoms with van der Waals surface area (Å²) in [6.45, 7) is 3.56. The van der Waals surface area contributed by atoms with Crippen LogP contribution in [0.3, 0.4) is 0 Å². The van der Waals surface area contributed by atoms with Gasteiger partial charge >= 0.3 is 0 Å². The van der Waals surface area contributed by atoms with Crippen LogP contribution >= 0.6 is 22.7 Å². The second-order valence-corrected chi connectivity index (χ2v) is 7.44. The molecular formula is C15H19N3OS2. The molecule has 21 heavy (non-hydrogen) atoms. The molecule has 112 valence electrons. The Hall–Kier alpha value is -1.24. The lowest BCUT2D eigenvalue weighted by Crippen LogP contribution is -2.57. The van der Waals surface area contributed by atoms with Crippen LogP contribution in [0, 0.1) is 0 Å². The van der Waals surface area contributed by atoms with E-state index in [0.29, 0.717) is 6.54 Å². The Morgan fingerprint density at radius 1 is 1.48 bits per heavy atom. The summed E-state index contributed by atoms with van der Waals surface area (Å²) in [5, 5.41) is 5.20. The van der Waals surface area contributed by atoms with Crippen LogP contribution < -0.4 is 5.73 Å². The molecule has 1 aliphatic rings. The number of nitrogens with zero attached hydrogens (tertiary/aromatic N) is 2. The number of hydrogen-bond donors (Lipinski definition) is 1. The van der Waals surface area contributed by atoms with Gasteiger partial charge in [-0.25, -0.2) is 4.98 Å². The first-order chi connectivity index (χ1) is 10.1. The van der Waals surface area contributed by atoms with Gasteiger partial charge in [0.25, 0.3) is 0 Å². The highest BCUT2D eigenvalue weighted by atomic mass is 32.1. The van der Waals surface area contributed by atoms with E-state index in [9.17, 15) is 4.79 Å². The van der Waals surface area contributed by atoms with E-state index in [0.717, 1.165) is 36.5 Å². The van der Waals surface area contributed by atoms with Crippen molar-refractivity contribution < 1.29 is 4.79 Å². The van der Waals surface area contributed by atoms with Gasteiger partial charge in [-0.1, -0.05) is 6.07 Å². The second kappa shape index (κ2) is 5.87. The Balaban J connectivity index is 1.78. The third-order valence-corrected chi connectivity index (χ3v) is 6.14. The molecule has 3 rings (SSSR count). The van der Waals surface area contributed by atoms with Crippen molar-refractivity contribution in [2.24, 2.45) is 5.73 Å². The number of likely N-dealkylation sites (tertiary alicyclic amines) is 1. The molecule has 4 nitrogen and oxygen atoms in total. The third kappa shape index (κ3) is 2.88. The summed E-state index contributed by atoms with van der Waals surface area (Å²) in [6.07, 6.45) is 3.02. The van der Waals surface area contributed by atoms with Crippen LogP contribution in [0.1, 0.15) is 31.9 Å². The average molecular weight is 321 g/mol. The quantitative estimate of drug-likeness (QED) is 0.941. The molecular weight excluding hydrogens is 302 g/mol. The van der Waals surface area contributed by atoms with Crippen LogP contribution in [0.25, 0.3) is 9.88 Å². The van der Waals surface area contributed by atoms with Crippen molar-refractivity contribution in [2.75, 3.05) is 6.54 Å². The van der Waals surface area contributed by atoms with Crippen molar-refractivity contribution in [1.82, 2.24) is 9.88 Å². The number of thiazole rings is 1. The highest BCUT2D eigenvalue weighted by Gasteiger charge is 2.39. The summed E-state index contributed by atoms with van der Waals surface area (Å²) in [6, 6.07) is 4.12. The van der Waals surface area contributed by atoms with Crippen molar-refractivity contribution in [1.29, 1.82) is 0 Å². The maximum absolute atomic E-state index is 11.8. The molecule has 1 aliphatic heterocycles. The molecule has 0 bridgehead atoms. The zero-order valence-corrected chi connectivity index (χ0v) is 13.7. The van der Waals surface area contributed by atoms with Gasteiger partial charge in [-0.2, -0.15) is 0 Å². The largest absolute Gasteiger partial charge is 0.368 e. The summed E-state index contributed by atoms with van der Waals surface area (Å²) in [4.78, 5) is 19.9. The molecule has 0 aliphatic carbocycles. The second-order valence-electron chi connectivity index (χ2n) is 5.64. The van der Waals surface area contributed by atoms with Crippen molar-refractivity contribution >= 4 is 28.6 Å². The van der Waals surface area contributed by atoms with E-state index in [1.54, 1.807) is 22.7 Å². The minimum atomic E-state index is -0.537. The number of hydrogen-bond acceptors (Lipinski definition) is 5. The van der Waals surface area contributed by atoms with Crippen LogP contribution in [-0.2, 0) is 11.3 Å². The SMILES string of the molecule is CC1(C(N)=O)CCCCN1Cc1csc(-c2cccs2)n1. The molecule has 2 N–H and O–H groups in total. The van der Waals surface area contributed by atoms with Gasteiger partial charge in [0.1, 0.15) is 5.01 Å². The van der Waals surface area contributed by atoms with Gasteiger partial charge in [0, 0.05) is 11.9 Å². The lowest BCUT2D eigenvalue weighted by atomic mass is 9.87. The number of nitrogens with two attached hydrogens (primary N) is 1. The Kier molecular flexibility index (Phi) is 4.10. The van der Waals surface area contributed by atoms with Gasteiger partial charge in [-0.3, -0.25) is 9.69 Å². The Labute approximate surface area is 132 Å². The van der Waals surface area contributed by atoms with Crippen LogP contribution in [0.2, 0.25) is 0 Å². The summed E-state index contributed by atoms with van der Waals surface area (Å²) in [5.74, 6) is -0.226. The zero-order chi connectivity index (χ0) is 14.9. The monoisotopic (exact) mass is 321 g/mol. The van der Waals surface area contributed by atoms with E-state index in [1.165, 1.54) is 4.88 Å². The first kappa shape index (κ1) is 14.7. The molecule has 0 aromatic carbocycles. The number of rotatable bonds is 4. The smallest absolute Gasteiger partial charge is 0.237 e. The minimum Gasteiger partial charge on any atom is -0.368 e. The van der Waals surface area contributed by atoms with E-state index in [1.807, 2.05) is 13.0 Å². The summed E-state index contributed by atoms with van der Waals surface area (Å²) in [5.41, 5.74) is 6.12. The van der Waals surface area contributed by atoms with Gasteiger partial charge in [0.2, 0.25) is 5.91 Å². The first-order valence-corrected chi connectivity index (χ1v) is 8.89. The van der Waals surface area contributed by atoms with Gasteiger partial charge in [0.15, 0.2) is 0 Å². The maximum Gasteiger partial charge on any atom is 0.237 e. The predicted molar refractivity (Wildman–Crippen MR) is 87.3 cm³/mol. The lowest BCUT2D eigenvalue weighted by Gasteiger charge is -2.42. The van der Waals surface area contributed by atoms with Gasteiger partial charge in [-0.15, -0.1) is 22.7 Å². The van der Waals surface area contributed by atoms with Crippen molar-refractivity contribution in [3.05, 3.63) is 28.6 Å². The van der Waals surface area contributed by atoms with Crippen molar-refractivity contribution in [3.63, 3.8) is 0 Å². The highest BCUT2D eigenvalue weighted by Crippen LogP contribution is 2.32. The Bertz CT molecular complexity index is 623. The number of piperidine rings is 1. The number of carbonyl (C=O) groups excluding carboxylic acids is 1. The minimum absolute atomic E-state index is 0.226. The van der Waals surface area contributed by atoms with Crippen molar-refractivity contribution in [2.45, 2.75) is 38.3 Å². The number of thiophene rings is 1. The zero-order valence-electron chi connectivity index (χ0n) is 12.0. The van der Waals surface area contributed by atoms with Crippen LogP contribution in [0.15, 0.2) is 22.9 Å². The molecule has 1 unspecified atom stereocenters. The molecule has 1 fully saturated rings. The van der Waals surface area contributed by atoms with Crippen LogP contribution in [0.5, 0.6) is 0 Å². The molecule has 1 saturated heterocycles. The fourth-order valence-corrected chi connectivity index (χ4v) is 4.42. The third-order valence-electron chi connectivity index (χ3n) is 4.21. The molecule has 2 aromatic rings. The average Bonchev–Trinajstić information content (AvgIpc) is 3.12. The molecule has 3 heterocycles. The van der Waals surface area contributed by atoms with E-state index < -0.39 is 5.54 Å². The van der Waals surface area contributed by atoms with E-state index in [2.05, 4.69) is 21.7 Å². The molecule has 0 saturated carbocycles. The Morgan fingerprint density at radius 3 is 3.05 bits per heavy atom. The highest BCUT2D eigenvalue weighted by molar-refractivity contribution is 7.20. The summed E-state index contributed by atoms with van der Waals surface area (Å²) in [7, 11) is 0. The van der Waals surface area contributed by atoms with Gasteiger partial charge in [0.05, 0.1) is 16.1 Å². The molecule has 2 aromatic heterocycles. The number of primary amides is 1. The standard InChI is InChI=1S/C15H19N3OS2/c1-15(14(16)19)6-2-3-7-18(15)9-11-10-21-13(17-11)12-5-4-8-20-12/h4-5,8,10H,2-3,6-7,9H2,1H3,(H2,16,19). The molecule has 0 radical (unpaired) electrons. The first-order valence-electron chi connectivity index (χ1n) is 7.13. The number of carbonyl (C=O) groups is 1. The van der Waals surface area contributed by atoms with E-state index in [4.69, 9.17) is 10.7 Å². The van der Waals surface area contributed by atoms with E-state index >= 15 is 0 Å². The summed E-state index contributed by atoms with van der Waals surface area (Å²) < 4.78 is 0. The molecule has 0 spiro atoms. The van der Waals surface area contributed by atoms with Crippen molar-refractivity contribution in [3.8, 4) is 9.88 Å². The number of amides is 1. The lowest BCUT2D eigenvalue weighted by molar-refractivity contribution is -0.132. The van der Waals surface area contributed by atoms with Crippen LogP contribution in [-0.4, -0.2) is 27.9 Å². The molecule has 6 heteroatoms. The Morgan fingerprint density at radius 2 is 2.33 bits per heavy atom. The number of aromatic nitrogens is 1.